The van der Waals surface area contributed by atoms with E-state index in [0.29, 0.717) is 37.2 Å². The molecule has 0 amide bonds. The molecular formula is C36H52O4. The largest absolute Gasteiger partial charge is 0.426 e. The molecule has 3 rings (SSSR count). The van der Waals surface area contributed by atoms with Crippen molar-refractivity contribution in [1.82, 2.24) is 0 Å². The zero-order chi connectivity index (χ0) is 28.4. The van der Waals surface area contributed by atoms with Crippen LogP contribution in [0.2, 0.25) is 0 Å². The molecule has 2 aromatic carbocycles. The lowest BCUT2D eigenvalue weighted by molar-refractivity contribution is -0.145. The molecule has 1 saturated carbocycles. The molecule has 4 nitrogen and oxygen atoms in total. The van der Waals surface area contributed by atoms with Crippen molar-refractivity contribution in [3.63, 3.8) is 0 Å². The summed E-state index contributed by atoms with van der Waals surface area (Å²) in [5.41, 5.74) is 2.59. The van der Waals surface area contributed by atoms with Crippen molar-refractivity contribution in [3.8, 4) is 11.5 Å². The Bertz CT molecular complexity index is 889. The fourth-order valence-corrected chi connectivity index (χ4v) is 5.63. The first-order valence-electron chi connectivity index (χ1n) is 16.2. The minimum Gasteiger partial charge on any atom is -0.426 e. The summed E-state index contributed by atoms with van der Waals surface area (Å²) in [7, 11) is 0. The van der Waals surface area contributed by atoms with Crippen LogP contribution in [0.5, 0.6) is 11.5 Å². The number of esters is 2. The second-order valence-electron chi connectivity index (χ2n) is 11.7. The van der Waals surface area contributed by atoms with Crippen molar-refractivity contribution in [1.29, 1.82) is 0 Å². The van der Waals surface area contributed by atoms with Crippen molar-refractivity contribution >= 4 is 11.9 Å². The zero-order valence-electron chi connectivity index (χ0n) is 25.1. The van der Waals surface area contributed by atoms with Crippen LogP contribution in [0.3, 0.4) is 0 Å². The molecule has 0 aromatic heterocycles. The molecule has 0 N–H and O–H groups in total. The number of unbranched alkanes of at least 4 members (excludes halogenated alkanes) is 10. The van der Waals surface area contributed by atoms with E-state index in [1.807, 2.05) is 24.3 Å². The van der Waals surface area contributed by atoms with Gasteiger partial charge in [0, 0.05) is 0 Å². The van der Waals surface area contributed by atoms with Gasteiger partial charge in [-0.1, -0.05) is 102 Å². The third-order valence-corrected chi connectivity index (χ3v) is 8.32. The van der Waals surface area contributed by atoms with Gasteiger partial charge < -0.3 is 9.47 Å². The van der Waals surface area contributed by atoms with Crippen molar-refractivity contribution in [2.75, 3.05) is 0 Å². The van der Waals surface area contributed by atoms with Crippen LogP contribution in [0.25, 0.3) is 0 Å². The van der Waals surface area contributed by atoms with Crippen LogP contribution in [0.4, 0.5) is 0 Å². The fourth-order valence-electron chi connectivity index (χ4n) is 5.63. The first-order valence-corrected chi connectivity index (χ1v) is 16.2. The molecule has 0 heterocycles. The van der Waals surface area contributed by atoms with Gasteiger partial charge in [-0.05, 0) is 86.8 Å². The molecule has 0 spiro atoms. The minimum atomic E-state index is -0.184. The van der Waals surface area contributed by atoms with Crippen LogP contribution >= 0.6 is 0 Å². The summed E-state index contributed by atoms with van der Waals surface area (Å²) in [6, 6.07) is 15.9. The Labute approximate surface area is 243 Å². The highest BCUT2D eigenvalue weighted by Crippen LogP contribution is 2.31. The fraction of sp³-hybridized carbons (Fsp3) is 0.611. The number of benzene rings is 2. The lowest BCUT2D eigenvalue weighted by Crippen LogP contribution is -2.30. The predicted octanol–water partition coefficient (Wildman–Crippen LogP) is 9.81. The molecule has 0 bridgehead atoms. The highest BCUT2D eigenvalue weighted by molar-refractivity contribution is 5.77. The lowest BCUT2D eigenvalue weighted by atomic mass is 9.82. The second-order valence-corrected chi connectivity index (χ2v) is 11.7. The average Bonchev–Trinajstić information content (AvgIpc) is 2.98. The Morgan fingerprint density at radius 1 is 0.525 bits per heavy atom. The average molecular weight is 549 g/mol. The molecule has 0 unspecified atom stereocenters. The van der Waals surface area contributed by atoms with Gasteiger partial charge in [-0.15, -0.1) is 0 Å². The predicted molar refractivity (Wildman–Crippen MR) is 164 cm³/mol. The third-order valence-electron chi connectivity index (χ3n) is 8.32. The Kier molecular flexibility index (Phi) is 14.9. The van der Waals surface area contributed by atoms with Crippen LogP contribution < -0.4 is 9.47 Å². The van der Waals surface area contributed by atoms with Gasteiger partial charge in [0.25, 0.3) is 0 Å². The van der Waals surface area contributed by atoms with Gasteiger partial charge in [0.15, 0.2) is 0 Å². The Hall–Kier alpha value is -2.62. The van der Waals surface area contributed by atoms with Crippen LogP contribution in [-0.4, -0.2) is 11.9 Å². The van der Waals surface area contributed by atoms with Crippen molar-refractivity contribution in [2.45, 2.75) is 129 Å². The smallest absolute Gasteiger partial charge is 0.314 e. The quantitative estimate of drug-likeness (QED) is 0.106. The number of aryl methyl sites for hydroxylation is 2. The summed E-state index contributed by atoms with van der Waals surface area (Å²) in [6.45, 7) is 4.49. The van der Waals surface area contributed by atoms with E-state index in [1.165, 1.54) is 88.2 Å². The number of carbonyl (C=O) groups excluding carboxylic acids is 2. The first kappa shape index (κ1) is 31.9. The Morgan fingerprint density at radius 3 is 1.20 bits per heavy atom. The molecule has 1 aliphatic rings. The van der Waals surface area contributed by atoms with E-state index >= 15 is 0 Å². The summed E-state index contributed by atoms with van der Waals surface area (Å²) in [4.78, 5) is 25.5. The molecule has 0 aliphatic heterocycles. The number of ether oxygens (including phenoxy) is 2. The molecule has 4 heteroatoms. The van der Waals surface area contributed by atoms with E-state index in [4.69, 9.17) is 9.47 Å². The third kappa shape index (κ3) is 11.9. The molecule has 0 saturated heterocycles. The van der Waals surface area contributed by atoms with Gasteiger partial charge in [0.05, 0.1) is 11.8 Å². The molecule has 2 aromatic rings. The first-order chi connectivity index (χ1) is 19.6. The molecular weight excluding hydrogens is 496 g/mol. The molecule has 1 fully saturated rings. The zero-order valence-corrected chi connectivity index (χ0v) is 25.1. The van der Waals surface area contributed by atoms with Gasteiger partial charge in [-0.25, -0.2) is 0 Å². The molecule has 40 heavy (non-hydrogen) atoms. The maximum absolute atomic E-state index is 12.8. The van der Waals surface area contributed by atoms with Gasteiger partial charge in [0.1, 0.15) is 11.5 Å². The maximum atomic E-state index is 12.8. The number of hydrogen-bond donors (Lipinski definition) is 0. The van der Waals surface area contributed by atoms with Crippen LogP contribution in [-0.2, 0) is 22.4 Å². The van der Waals surface area contributed by atoms with Crippen LogP contribution in [0.15, 0.2) is 48.5 Å². The summed E-state index contributed by atoms with van der Waals surface area (Å²) < 4.78 is 11.4. The highest BCUT2D eigenvalue weighted by atomic mass is 16.5. The highest BCUT2D eigenvalue weighted by Gasteiger charge is 2.32. The van der Waals surface area contributed by atoms with Gasteiger partial charge in [0.2, 0.25) is 0 Å². The van der Waals surface area contributed by atoms with Gasteiger partial charge >= 0.3 is 11.9 Å². The normalized spacial score (nSPS) is 16.9. The monoisotopic (exact) mass is 548 g/mol. The van der Waals surface area contributed by atoms with E-state index in [0.717, 1.165) is 12.8 Å². The van der Waals surface area contributed by atoms with Crippen LogP contribution in [0, 0.1) is 11.8 Å². The van der Waals surface area contributed by atoms with Gasteiger partial charge in [-0.3, -0.25) is 9.59 Å². The van der Waals surface area contributed by atoms with E-state index in [-0.39, 0.29) is 23.8 Å². The molecule has 1 aliphatic carbocycles. The molecule has 0 atom stereocenters. The van der Waals surface area contributed by atoms with E-state index < -0.39 is 0 Å². The maximum Gasteiger partial charge on any atom is 0.314 e. The SMILES string of the molecule is CCCCCCCCc1ccc(OC(=O)C2CCC(C(=O)Oc3ccc(CCCCCCCC)cc3)CC2)cc1. The molecule has 220 valence electrons. The lowest BCUT2D eigenvalue weighted by Gasteiger charge is -2.25. The van der Waals surface area contributed by atoms with E-state index in [1.54, 1.807) is 0 Å². The van der Waals surface area contributed by atoms with Crippen molar-refractivity contribution in [3.05, 3.63) is 59.7 Å². The number of hydrogen-bond acceptors (Lipinski definition) is 4. The van der Waals surface area contributed by atoms with E-state index in [2.05, 4.69) is 38.1 Å². The minimum absolute atomic E-state index is 0.159. The number of carbonyl (C=O) groups is 2. The summed E-state index contributed by atoms with van der Waals surface area (Å²) in [6.07, 6.45) is 20.3. The standard InChI is InChI=1S/C36H52O4/c1-3-5-7-9-11-13-15-29-17-25-33(26-18-29)39-35(37)31-21-23-32(24-22-31)36(38)40-34-27-19-30(20-28-34)16-14-12-10-8-6-4-2/h17-20,25-28,31-32H,3-16,21-24H2,1-2H3. The Morgan fingerprint density at radius 2 is 0.850 bits per heavy atom. The topological polar surface area (TPSA) is 52.6 Å². The van der Waals surface area contributed by atoms with Crippen molar-refractivity contribution < 1.29 is 19.1 Å². The number of rotatable bonds is 18. The van der Waals surface area contributed by atoms with Gasteiger partial charge in [-0.2, -0.15) is 0 Å². The second kappa shape index (κ2) is 18.7. The Balaban J connectivity index is 1.32. The van der Waals surface area contributed by atoms with Crippen LogP contribution in [0.1, 0.15) is 128 Å². The summed E-state index contributed by atoms with van der Waals surface area (Å²) in [5.74, 6) is 0.533. The summed E-state index contributed by atoms with van der Waals surface area (Å²) >= 11 is 0. The summed E-state index contributed by atoms with van der Waals surface area (Å²) in [5, 5.41) is 0. The van der Waals surface area contributed by atoms with E-state index in [9.17, 15) is 9.59 Å². The van der Waals surface area contributed by atoms with Crippen molar-refractivity contribution in [2.24, 2.45) is 11.8 Å². The molecule has 0 radical (unpaired) electrons.